The molecule has 0 bridgehead atoms. The van der Waals surface area contributed by atoms with Crippen LogP contribution in [0.1, 0.15) is 0 Å². The molecular formula is C24H63Ca2Cl2N6O6Ti+3. The van der Waals surface area contributed by atoms with Crippen LogP contribution in [0.15, 0.2) is 0 Å². The summed E-state index contributed by atoms with van der Waals surface area (Å²) in [7, 11) is 23.1. The normalized spacial score (nSPS) is 8.78. The van der Waals surface area contributed by atoms with Crippen molar-refractivity contribution in [2.24, 2.45) is 0 Å². The molecule has 41 heavy (non-hydrogen) atoms. The van der Waals surface area contributed by atoms with Gasteiger partial charge in [-0.05, 0) is 61.9 Å². The van der Waals surface area contributed by atoms with Crippen LogP contribution < -0.4 is 70.2 Å². The van der Waals surface area contributed by atoms with Crippen molar-refractivity contribution in [3.05, 3.63) is 0 Å². The number of rotatable bonds is 12. The van der Waals surface area contributed by atoms with Gasteiger partial charge in [0, 0.05) is 0 Å². The first-order valence-corrected chi connectivity index (χ1v) is 12.4. The minimum atomic E-state index is 0. The quantitative estimate of drug-likeness (QED) is 0.166. The van der Waals surface area contributed by atoms with Crippen molar-refractivity contribution in [2.75, 3.05) is 163 Å². The van der Waals surface area contributed by atoms with Crippen molar-refractivity contribution in [1.82, 2.24) is 14.7 Å². The summed E-state index contributed by atoms with van der Waals surface area (Å²) in [5.74, 6) is 0. The van der Waals surface area contributed by atoms with Crippen LogP contribution in [0, 0.1) is 0 Å². The number of likely N-dealkylation sites (N-methyl/N-ethyl adjacent to an activating group) is 6. The van der Waals surface area contributed by atoms with E-state index < -0.39 is 0 Å². The predicted octanol–water partition coefficient (Wildman–Crippen LogP) is -17.6. The summed E-state index contributed by atoms with van der Waals surface area (Å²) in [6.45, 7) is 4.32. The molecule has 0 amide bonds. The van der Waals surface area contributed by atoms with Crippen molar-refractivity contribution in [2.45, 2.75) is 0 Å². The van der Waals surface area contributed by atoms with E-state index >= 15 is 0 Å². The molecule has 0 aliphatic carbocycles. The van der Waals surface area contributed by atoms with Gasteiger partial charge in [0.25, 0.3) is 0 Å². The number of hydrogen-bond acceptors (Lipinski definition) is 9. The van der Waals surface area contributed by atoms with Gasteiger partial charge in [0.2, 0.25) is 0 Å². The molecule has 0 aromatic rings. The van der Waals surface area contributed by atoms with Crippen molar-refractivity contribution >= 4 is 75.5 Å². The number of halogens is 2. The molecular weight excluding hydrogens is 667 g/mol. The number of nitrogens with one attached hydrogen (secondary N) is 3. The number of nitrogens with zero attached hydrogens (tertiary/aromatic N) is 3. The second kappa shape index (κ2) is 69.9. The Bertz CT molecular complexity index is 279. The predicted molar refractivity (Wildman–Crippen MR) is 149 cm³/mol. The van der Waals surface area contributed by atoms with E-state index in [9.17, 15) is 30.6 Å². The second-order valence-corrected chi connectivity index (χ2v) is 9.51. The van der Waals surface area contributed by atoms with Crippen molar-refractivity contribution in [1.29, 1.82) is 0 Å². The van der Waals surface area contributed by atoms with Gasteiger partial charge in [0.05, 0.1) is 61.9 Å². The van der Waals surface area contributed by atoms with Crippen LogP contribution >= 0.6 is 0 Å². The van der Waals surface area contributed by atoms with Crippen LogP contribution in [-0.4, -0.2) is 254 Å². The fourth-order valence-electron chi connectivity index (χ4n) is 1.16. The molecule has 0 saturated carbocycles. The Morgan fingerprint density at radius 2 is 0.537 bits per heavy atom. The summed E-state index contributed by atoms with van der Waals surface area (Å²) in [6, 6.07) is 0. The SMILES string of the molecule is CN(C)CC[O-].CN(C)CC[O-].CN(C)CC[O-].C[NH+](C)CC[O-].C[NH+](C)CC[O-].C[NH+](C)CC[O-].[Ca+2].[Ca+2].[Cl-].[Cl-].[Ti+4]. The van der Waals surface area contributed by atoms with Gasteiger partial charge in [-0.15, -0.1) is 19.8 Å². The van der Waals surface area contributed by atoms with Gasteiger partial charge in [-0.25, -0.2) is 0 Å². The van der Waals surface area contributed by atoms with Crippen LogP contribution in [-0.2, 0) is 21.7 Å². The zero-order chi connectivity index (χ0) is 29.9. The van der Waals surface area contributed by atoms with Gasteiger partial charge >= 0.3 is 97.2 Å². The largest absolute Gasteiger partial charge is 4.00 e. The van der Waals surface area contributed by atoms with E-state index in [0.29, 0.717) is 19.6 Å². The second-order valence-electron chi connectivity index (χ2n) is 9.51. The molecule has 12 nitrogen and oxygen atoms in total. The van der Waals surface area contributed by atoms with E-state index in [-0.39, 0.29) is 162 Å². The molecule has 0 aromatic heterocycles. The molecule has 0 aromatic carbocycles. The van der Waals surface area contributed by atoms with Gasteiger partial charge in [-0.2, -0.15) is 0 Å². The Labute approximate surface area is 341 Å². The maximum absolute atomic E-state index is 9.72. The van der Waals surface area contributed by atoms with Crippen molar-refractivity contribution < 1.29 is 91.9 Å². The van der Waals surface area contributed by atoms with Gasteiger partial charge < -0.3 is 84.9 Å². The summed E-state index contributed by atoms with van der Waals surface area (Å²) >= 11 is 0. The Balaban J connectivity index is -0.0000000286. The fourth-order valence-corrected chi connectivity index (χ4v) is 1.16. The average molecular weight is 731 g/mol. The summed E-state index contributed by atoms with van der Waals surface area (Å²) in [6.07, 6.45) is 0. The van der Waals surface area contributed by atoms with Crippen LogP contribution in [0.4, 0.5) is 0 Å². The molecule has 0 saturated heterocycles. The van der Waals surface area contributed by atoms with Crippen LogP contribution in [0.2, 0.25) is 0 Å². The van der Waals surface area contributed by atoms with Crippen LogP contribution in [0.3, 0.4) is 0 Å². The minimum Gasteiger partial charge on any atom is -1.00 e. The van der Waals surface area contributed by atoms with Crippen LogP contribution in [0.25, 0.3) is 0 Å². The molecule has 0 radical (unpaired) electrons. The van der Waals surface area contributed by atoms with E-state index in [1.54, 1.807) is 0 Å². The zero-order valence-corrected chi connectivity index (χ0v) is 35.9. The molecule has 0 spiro atoms. The maximum atomic E-state index is 9.72. The Hall–Kier alpha value is 3.33. The smallest absolute Gasteiger partial charge is 1.00 e. The molecule has 0 aliphatic rings. The fraction of sp³-hybridized carbons (Fsp3) is 1.00. The van der Waals surface area contributed by atoms with Gasteiger partial charge in [-0.3, -0.25) is 0 Å². The molecule has 0 rings (SSSR count). The molecule has 17 heteroatoms. The standard InChI is InChI=1S/6C4H10NO.2Ca.2ClH.Ti/c6*1-5(2)3-4-6;;;;;/h6*3-4H2,1-2H3;;;2*1H;/q6*-1;2*+2;;;+4/p+1. The first-order valence-electron chi connectivity index (χ1n) is 12.4. The first-order chi connectivity index (χ1) is 16.6. The third-order valence-electron chi connectivity index (χ3n) is 3.42. The van der Waals surface area contributed by atoms with E-state index in [4.69, 9.17) is 0 Å². The summed E-state index contributed by atoms with van der Waals surface area (Å²) in [5.41, 5.74) is 0. The van der Waals surface area contributed by atoms with Crippen LogP contribution in [0.5, 0.6) is 0 Å². The maximum Gasteiger partial charge on any atom is 4.00 e. The van der Waals surface area contributed by atoms with E-state index in [1.165, 1.54) is 14.7 Å². The number of hydrogen-bond donors (Lipinski definition) is 3. The Morgan fingerprint density at radius 1 is 0.390 bits per heavy atom. The summed E-state index contributed by atoms with van der Waals surface area (Å²) in [5, 5.41) is 58.3. The van der Waals surface area contributed by atoms with Crippen molar-refractivity contribution in [3.63, 3.8) is 0 Å². The molecule has 0 heterocycles. The molecule has 0 aliphatic heterocycles. The molecule has 244 valence electrons. The molecule has 0 fully saturated rings. The molecule has 0 unspecified atom stereocenters. The first kappa shape index (κ1) is 74.9. The minimum absolute atomic E-state index is 0. The third-order valence-corrected chi connectivity index (χ3v) is 3.42. The molecule has 0 atom stereocenters. The zero-order valence-electron chi connectivity index (χ0n) is 28.4. The van der Waals surface area contributed by atoms with Crippen molar-refractivity contribution in [3.8, 4) is 0 Å². The van der Waals surface area contributed by atoms with E-state index in [1.807, 2.05) is 99.3 Å². The third kappa shape index (κ3) is 163. The monoisotopic (exact) mass is 729 g/mol. The average Bonchev–Trinajstić information content (AvgIpc) is 2.69. The van der Waals surface area contributed by atoms with E-state index in [0.717, 1.165) is 19.6 Å². The van der Waals surface area contributed by atoms with E-state index in [2.05, 4.69) is 0 Å². The summed E-state index contributed by atoms with van der Waals surface area (Å²) < 4.78 is 0. The molecule has 3 N–H and O–H groups in total. The Morgan fingerprint density at radius 3 is 0.537 bits per heavy atom. The van der Waals surface area contributed by atoms with Gasteiger partial charge in [0.1, 0.15) is 0 Å². The number of quaternary nitrogens is 3. The summed E-state index contributed by atoms with van der Waals surface area (Å²) in [4.78, 5) is 9.28. The Kier molecular flexibility index (Phi) is 128. The van der Waals surface area contributed by atoms with Gasteiger partial charge in [0.15, 0.2) is 0 Å². The van der Waals surface area contributed by atoms with Gasteiger partial charge in [-0.1, -0.05) is 19.8 Å². The topological polar surface area (TPSA) is 161 Å².